The zero-order valence-electron chi connectivity index (χ0n) is 17.6. The van der Waals surface area contributed by atoms with Crippen LogP contribution in [0.4, 0.5) is 0 Å². The minimum atomic E-state index is 1.19. The SMILES string of the molecule is CCCCc1ccc(C2=CSC(=C3SC=C(c4ccc(CCCC)cc4)S3)S2)cc1. The number of hydrogen-bond acceptors (Lipinski definition) is 4. The van der Waals surface area contributed by atoms with E-state index in [9.17, 15) is 0 Å². The molecule has 4 heteroatoms. The molecule has 0 spiro atoms. The van der Waals surface area contributed by atoms with Gasteiger partial charge < -0.3 is 0 Å². The molecule has 0 saturated heterocycles. The third kappa shape index (κ3) is 5.64. The highest BCUT2D eigenvalue weighted by Crippen LogP contribution is 2.58. The highest BCUT2D eigenvalue weighted by atomic mass is 32.2. The predicted octanol–water partition coefficient (Wildman–Crippen LogP) is 9.76. The number of aryl methyl sites for hydroxylation is 2. The Kier molecular flexibility index (Phi) is 8.22. The second-order valence-electron chi connectivity index (χ2n) is 7.58. The summed E-state index contributed by atoms with van der Waals surface area (Å²) in [5.74, 6) is 0. The van der Waals surface area contributed by atoms with Gasteiger partial charge in [-0.15, -0.1) is 0 Å². The Morgan fingerprint density at radius 2 is 0.967 bits per heavy atom. The van der Waals surface area contributed by atoms with Crippen LogP contribution in [0.25, 0.3) is 9.81 Å². The summed E-state index contributed by atoms with van der Waals surface area (Å²) in [6.45, 7) is 4.51. The van der Waals surface area contributed by atoms with Crippen molar-refractivity contribution in [3.05, 3.63) is 90.1 Å². The topological polar surface area (TPSA) is 0 Å². The van der Waals surface area contributed by atoms with Gasteiger partial charge in [0, 0.05) is 9.81 Å². The molecule has 0 atom stereocenters. The standard InChI is InChI=1S/C26H28S4/c1-3-5-7-19-9-13-21(14-10-19)23-17-27-25(29-23)26-28-18-24(30-26)22-15-11-20(12-16-22)8-6-4-2/h9-18H,3-8H2,1-2H3. The lowest BCUT2D eigenvalue weighted by molar-refractivity contribution is 0.795. The molecular weight excluding hydrogens is 441 g/mol. The van der Waals surface area contributed by atoms with Crippen LogP contribution >= 0.6 is 47.0 Å². The smallest absolute Gasteiger partial charge is 0.0700 e. The van der Waals surface area contributed by atoms with Crippen LogP contribution in [0.1, 0.15) is 61.8 Å². The van der Waals surface area contributed by atoms with Crippen molar-refractivity contribution in [1.29, 1.82) is 0 Å². The largest absolute Gasteiger partial charge is 0.0878 e. The number of thioether (sulfide) groups is 4. The normalized spacial score (nSPS) is 18.6. The van der Waals surface area contributed by atoms with Crippen molar-refractivity contribution >= 4 is 56.9 Å². The quantitative estimate of drug-likeness (QED) is 0.378. The minimum absolute atomic E-state index is 1.19. The molecule has 2 heterocycles. The van der Waals surface area contributed by atoms with Gasteiger partial charge in [0.25, 0.3) is 0 Å². The average Bonchev–Trinajstić information content (AvgIpc) is 3.47. The van der Waals surface area contributed by atoms with Crippen LogP contribution in [0.15, 0.2) is 67.8 Å². The van der Waals surface area contributed by atoms with Crippen LogP contribution < -0.4 is 0 Å². The molecule has 0 N–H and O–H groups in total. The summed E-state index contributed by atoms with van der Waals surface area (Å²) in [4.78, 5) is 2.75. The fourth-order valence-electron chi connectivity index (χ4n) is 3.38. The first kappa shape index (κ1) is 22.3. The van der Waals surface area contributed by atoms with Gasteiger partial charge in [0.05, 0.1) is 8.47 Å². The van der Waals surface area contributed by atoms with E-state index in [1.165, 1.54) is 79.1 Å². The first-order valence-corrected chi connectivity index (χ1v) is 14.2. The summed E-state index contributed by atoms with van der Waals surface area (Å²) in [6, 6.07) is 18.3. The minimum Gasteiger partial charge on any atom is -0.0878 e. The van der Waals surface area contributed by atoms with Gasteiger partial charge in [0.2, 0.25) is 0 Å². The molecule has 2 aromatic rings. The van der Waals surface area contributed by atoms with Crippen molar-refractivity contribution in [2.24, 2.45) is 0 Å². The van der Waals surface area contributed by atoms with Gasteiger partial charge in [0.15, 0.2) is 0 Å². The molecule has 0 saturated carbocycles. The number of unbranched alkanes of at least 4 members (excludes halogenated alkanes) is 2. The molecule has 4 rings (SSSR count). The van der Waals surface area contributed by atoms with E-state index in [0.717, 1.165) is 0 Å². The molecule has 156 valence electrons. The molecule has 30 heavy (non-hydrogen) atoms. The molecule has 2 aliphatic rings. The second-order valence-corrected chi connectivity index (χ2v) is 12.0. The van der Waals surface area contributed by atoms with Crippen LogP contribution in [0.2, 0.25) is 0 Å². The van der Waals surface area contributed by atoms with Gasteiger partial charge in [-0.3, -0.25) is 0 Å². The molecule has 0 amide bonds. The Labute approximate surface area is 198 Å². The Morgan fingerprint density at radius 3 is 1.33 bits per heavy atom. The van der Waals surface area contributed by atoms with Crippen molar-refractivity contribution in [3.63, 3.8) is 0 Å². The first-order chi connectivity index (χ1) is 14.8. The second kappa shape index (κ2) is 11.1. The highest BCUT2D eigenvalue weighted by molar-refractivity contribution is 8.36. The average molecular weight is 469 g/mol. The lowest BCUT2D eigenvalue weighted by atomic mass is 10.1. The van der Waals surface area contributed by atoms with Gasteiger partial charge >= 0.3 is 0 Å². The summed E-state index contributed by atoms with van der Waals surface area (Å²) in [5.41, 5.74) is 5.58. The Morgan fingerprint density at radius 1 is 0.567 bits per heavy atom. The monoisotopic (exact) mass is 468 g/mol. The zero-order chi connectivity index (χ0) is 20.8. The first-order valence-electron chi connectivity index (χ1n) is 10.8. The van der Waals surface area contributed by atoms with Crippen molar-refractivity contribution in [2.45, 2.75) is 52.4 Å². The van der Waals surface area contributed by atoms with Crippen LogP contribution in [-0.2, 0) is 12.8 Å². The van der Waals surface area contributed by atoms with E-state index >= 15 is 0 Å². The lowest BCUT2D eigenvalue weighted by Gasteiger charge is -2.06. The van der Waals surface area contributed by atoms with Gasteiger partial charge in [-0.2, -0.15) is 0 Å². The van der Waals surface area contributed by atoms with E-state index in [4.69, 9.17) is 0 Å². The van der Waals surface area contributed by atoms with E-state index in [1.54, 1.807) is 0 Å². The summed E-state index contributed by atoms with van der Waals surface area (Å²) in [5, 5.41) is 4.63. The van der Waals surface area contributed by atoms with Gasteiger partial charge in [-0.1, -0.05) is 122 Å². The van der Waals surface area contributed by atoms with Crippen LogP contribution in [0.3, 0.4) is 0 Å². The van der Waals surface area contributed by atoms with Crippen molar-refractivity contribution in [3.8, 4) is 0 Å². The molecule has 0 nitrogen and oxygen atoms in total. The molecule has 0 radical (unpaired) electrons. The molecule has 0 fully saturated rings. The van der Waals surface area contributed by atoms with E-state index in [-0.39, 0.29) is 0 Å². The van der Waals surface area contributed by atoms with Gasteiger partial charge in [0.1, 0.15) is 0 Å². The third-order valence-corrected chi connectivity index (χ3v) is 10.6. The van der Waals surface area contributed by atoms with E-state index < -0.39 is 0 Å². The maximum Gasteiger partial charge on any atom is 0.0700 e. The molecule has 0 unspecified atom stereocenters. The van der Waals surface area contributed by atoms with E-state index in [2.05, 4.69) is 73.2 Å². The zero-order valence-corrected chi connectivity index (χ0v) is 20.9. The van der Waals surface area contributed by atoms with Crippen LogP contribution in [0.5, 0.6) is 0 Å². The Hall–Kier alpha value is -0.940. The van der Waals surface area contributed by atoms with Crippen molar-refractivity contribution in [1.82, 2.24) is 0 Å². The lowest BCUT2D eigenvalue weighted by Crippen LogP contribution is -1.85. The van der Waals surface area contributed by atoms with E-state index in [1.807, 2.05) is 47.0 Å². The summed E-state index contributed by atoms with van der Waals surface area (Å²) in [7, 11) is 0. The maximum atomic E-state index is 2.32. The molecule has 2 aromatic carbocycles. The Bertz CT molecular complexity index is 870. The molecular formula is C26H28S4. The molecule has 0 aliphatic carbocycles. The van der Waals surface area contributed by atoms with Crippen molar-refractivity contribution < 1.29 is 0 Å². The summed E-state index contributed by atoms with van der Waals surface area (Å²) in [6.07, 6.45) is 7.43. The molecule has 0 aromatic heterocycles. The Balaban J connectivity index is 1.36. The molecule has 0 bridgehead atoms. The van der Waals surface area contributed by atoms with Crippen LogP contribution in [0, 0.1) is 0 Å². The summed E-state index contributed by atoms with van der Waals surface area (Å²) >= 11 is 7.59. The van der Waals surface area contributed by atoms with Crippen LogP contribution in [-0.4, -0.2) is 0 Å². The number of benzene rings is 2. The van der Waals surface area contributed by atoms with Gasteiger partial charge in [-0.25, -0.2) is 0 Å². The fraction of sp³-hybridized carbons (Fsp3) is 0.308. The summed E-state index contributed by atoms with van der Waals surface area (Å²) < 4.78 is 2.83. The maximum absolute atomic E-state index is 2.32. The van der Waals surface area contributed by atoms with Gasteiger partial charge in [-0.05, 0) is 58.8 Å². The third-order valence-electron chi connectivity index (χ3n) is 5.23. The van der Waals surface area contributed by atoms with E-state index in [0.29, 0.717) is 0 Å². The fourth-order valence-corrected chi connectivity index (χ4v) is 8.31. The molecule has 2 aliphatic heterocycles. The highest BCUT2D eigenvalue weighted by Gasteiger charge is 2.23. The van der Waals surface area contributed by atoms with Crippen molar-refractivity contribution in [2.75, 3.05) is 0 Å². The number of rotatable bonds is 8. The number of hydrogen-bond donors (Lipinski definition) is 0. The predicted molar refractivity (Wildman–Crippen MR) is 143 cm³/mol.